The van der Waals surface area contributed by atoms with Gasteiger partial charge in [0.15, 0.2) is 0 Å². The number of hydrogen-bond acceptors (Lipinski definition) is 5. The summed E-state index contributed by atoms with van der Waals surface area (Å²) in [5.74, 6) is 0.00153. The molecule has 1 aliphatic rings. The number of imide groups is 1. The number of nitrogens with zero attached hydrogens (tertiary/aromatic N) is 2. The predicted molar refractivity (Wildman–Crippen MR) is 62.1 cm³/mol. The Hall–Kier alpha value is -1.95. The van der Waals surface area contributed by atoms with Gasteiger partial charge in [-0.2, -0.15) is 0 Å². The summed E-state index contributed by atoms with van der Waals surface area (Å²) < 4.78 is 0. The first kappa shape index (κ1) is 11.5. The molecule has 1 aliphatic heterocycles. The van der Waals surface area contributed by atoms with Crippen LogP contribution < -0.4 is 16.0 Å². The highest BCUT2D eigenvalue weighted by Gasteiger charge is 2.30. The molecule has 1 fully saturated rings. The van der Waals surface area contributed by atoms with Crippen molar-refractivity contribution in [2.75, 3.05) is 11.4 Å². The minimum absolute atomic E-state index is 0.141. The number of carbonyl (C=O) groups excluding carboxylic acids is 2. The Kier molecular flexibility index (Phi) is 3.06. The SMILES string of the molecule is CC1C(=O)NC(=O)CN1c1ccc(CN)cn1. The van der Waals surface area contributed by atoms with Crippen molar-refractivity contribution in [1.29, 1.82) is 0 Å². The zero-order chi connectivity index (χ0) is 12.4. The first-order valence-electron chi connectivity index (χ1n) is 5.37. The minimum Gasteiger partial charge on any atom is -0.336 e. The first-order valence-corrected chi connectivity index (χ1v) is 5.37. The number of hydrogen-bond donors (Lipinski definition) is 2. The van der Waals surface area contributed by atoms with E-state index in [4.69, 9.17) is 5.73 Å². The molecule has 17 heavy (non-hydrogen) atoms. The fourth-order valence-electron chi connectivity index (χ4n) is 1.70. The van der Waals surface area contributed by atoms with E-state index in [2.05, 4.69) is 10.3 Å². The number of rotatable bonds is 2. The van der Waals surface area contributed by atoms with Crippen LogP contribution in [-0.2, 0) is 16.1 Å². The van der Waals surface area contributed by atoms with Crippen molar-refractivity contribution in [2.24, 2.45) is 5.73 Å². The molecule has 2 heterocycles. The maximum atomic E-state index is 11.5. The van der Waals surface area contributed by atoms with Crippen LogP contribution in [0.3, 0.4) is 0 Å². The summed E-state index contributed by atoms with van der Waals surface area (Å²) in [6.45, 7) is 2.30. The molecule has 1 unspecified atom stereocenters. The Labute approximate surface area is 98.8 Å². The lowest BCUT2D eigenvalue weighted by atomic mass is 10.2. The number of nitrogens with two attached hydrogens (primary N) is 1. The van der Waals surface area contributed by atoms with Crippen LogP contribution >= 0.6 is 0 Å². The topological polar surface area (TPSA) is 88.3 Å². The summed E-state index contributed by atoms with van der Waals surface area (Å²) in [6.07, 6.45) is 1.65. The van der Waals surface area contributed by atoms with Crippen LogP contribution in [0.25, 0.3) is 0 Å². The van der Waals surface area contributed by atoms with Gasteiger partial charge >= 0.3 is 0 Å². The summed E-state index contributed by atoms with van der Waals surface area (Å²) in [6, 6.07) is 3.21. The fraction of sp³-hybridized carbons (Fsp3) is 0.364. The molecule has 1 saturated heterocycles. The largest absolute Gasteiger partial charge is 0.336 e. The van der Waals surface area contributed by atoms with Crippen molar-refractivity contribution >= 4 is 17.6 Å². The van der Waals surface area contributed by atoms with Crippen molar-refractivity contribution in [3.8, 4) is 0 Å². The molecule has 1 aromatic heterocycles. The summed E-state index contributed by atoms with van der Waals surface area (Å²) in [5, 5.41) is 2.28. The molecule has 2 amide bonds. The minimum atomic E-state index is -0.399. The monoisotopic (exact) mass is 234 g/mol. The average Bonchev–Trinajstić information content (AvgIpc) is 2.34. The summed E-state index contributed by atoms with van der Waals surface area (Å²) in [5.41, 5.74) is 6.39. The Morgan fingerprint density at radius 1 is 1.53 bits per heavy atom. The van der Waals surface area contributed by atoms with Gasteiger partial charge in [0.2, 0.25) is 11.8 Å². The molecule has 90 valence electrons. The molecule has 6 nitrogen and oxygen atoms in total. The van der Waals surface area contributed by atoms with Crippen LogP contribution in [0, 0.1) is 0 Å². The fourth-order valence-corrected chi connectivity index (χ4v) is 1.70. The number of pyridine rings is 1. The van der Waals surface area contributed by atoms with Gasteiger partial charge in [-0.3, -0.25) is 14.9 Å². The highest BCUT2D eigenvalue weighted by molar-refractivity contribution is 6.04. The first-order chi connectivity index (χ1) is 8.11. The summed E-state index contributed by atoms with van der Waals surface area (Å²) in [7, 11) is 0. The molecule has 0 saturated carbocycles. The number of amides is 2. The van der Waals surface area contributed by atoms with Crippen LogP contribution in [0.1, 0.15) is 12.5 Å². The Morgan fingerprint density at radius 3 is 2.88 bits per heavy atom. The second-order valence-corrected chi connectivity index (χ2v) is 3.95. The molecular weight excluding hydrogens is 220 g/mol. The smallest absolute Gasteiger partial charge is 0.249 e. The molecule has 1 aromatic rings. The van der Waals surface area contributed by atoms with Crippen LogP contribution in [-0.4, -0.2) is 29.4 Å². The molecule has 1 atom stereocenters. The van der Waals surface area contributed by atoms with Gasteiger partial charge in [0, 0.05) is 12.7 Å². The highest BCUT2D eigenvalue weighted by Crippen LogP contribution is 2.16. The van der Waals surface area contributed by atoms with Gasteiger partial charge in [0.25, 0.3) is 0 Å². The van der Waals surface area contributed by atoms with E-state index in [-0.39, 0.29) is 18.4 Å². The van der Waals surface area contributed by atoms with E-state index in [0.717, 1.165) is 5.56 Å². The molecule has 6 heteroatoms. The molecule has 0 radical (unpaired) electrons. The maximum absolute atomic E-state index is 11.5. The van der Waals surface area contributed by atoms with Gasteiger partial charge in [0.1, 0.15) is 11.9 Å². The van der Waals surface area contributed by atoms with E-state index in [1.165, 1.54) is 0 Å². The molecule has 2 rings (SSSR count). The predicted octanol–water partition coefficient (Wildman–Crippen LogP) is -0.608. The molecule has 0 spiro atoms. The normalized spacial score (nSPS) is 20.4. The van der Waals surface area contributed by atoms with Crippen LogP contribution in [0.2, 0.25) is 0 Å². The third-order valence-corrected chi connectivity index (χ3v) is 2.76. The number of piperazine rings is 1. The number of aromatic nitrogens is 1. The van der Waals surface area contributed by atoms with Crippen molar-refractivity contribution < 1.29 is 9.59 Å². The zero-order valence-corrected chi connectivity index (χ0v) is 9.51. The summed E-state index contributed by atoms with van der Waals surface area (Å²) in [4.78, 5) is 28.7. The Morgan fingerprint density at radius 2 is 2.29 bits per heavy atom. The standard InChI is InChI=1S/C11H14N4O2/c1-7-11(17)14-10(16)6-15(7)9-3-2-8(4-12)5-13-9/h2-3,5,7H,4,6,12H2,1H3,(H,14,16,17). The van der Waals surface area contributed by atoms with Crippen molar-refractivity contribution in [2.45, 2.75) is 19.5 Å². The van der Waals surface area contributed by atoms with Gasteiger partial charge < -0.3 is 10.6 Å². The van der Waals surface area contributed by atoms with Crippen LogP contribution in [0.15, 0.2) is 18.3 Å². The molecule has 3 N–H and O–H groups in total. The quantitative estimate of drug-likeness (QED) is 0.666. The second-order valence-electron chi connectivity index (χ2n) is 3.95. The molecule has 0 aliphatic carbocycles. The van der Waals surface area contributed by atoms with Crippen LogP contribution in [0.5, 0.6) is 0 Å². The Bertz CT molecular complexity index is 443. The van der Waals surface area contributed by atoms with Crippen LogP contribution in [0.4, 0.5) is 5.82 Å². The van der Waals surface area contributed by atoms with E-state index in [1.54, 1.807) is 24.1 Å². The Balaban J connectivity index is 2.24. The summed E-state index contributed by atoms with van der Waals surface area (Å²) >= 11 is 0. The van der Waals surface area contributed by atoms with Gasteiger partial charge in [-0.15, -0.1) is 0 Å². The molecular formula is C11H14N4O2. The third-order valence-electron chi connectivity index (χ3n) is 2.76. The molecule has 0 bridgehead atoms. The van der Waals surface area contributed by atoms with E-state index in [9.17, 15) is 9.59 Å². The average molecular weight is 234 g/mol. The van der Waals surface area contributed by atoms with E-state index < -0.39 is 6.04 Å². The van der Waals surface area contributed by atoms with E-state index in [0.29, 0.717) is 12.4 Å². The number of nitrogens with one attached hydrogen (secondary N) is 1. The van der Waals surface area contributed by atoms with Crippen molar-refractivity contribution in [3.63, 3.8) is 0 Å². The van der Waals surface area contributed by atoms with E-state index >= 15 is 0 Å². The lowest BCUT2D eigenvalue weighted by molar-refractivity contribution is -0.132. The van der Waals surface area contributed by atoms with Gasteiger partial charge in [-0.25, -0.2) is 4.98 Å². The van der Waals surface area contributed by atoms with Gasteiger partial charge in [-0.05, 0) is 18.6 Å². The van der Waals surface area contributed by atoms with Gasteiger partial charge in [-0.1, -0.05) is 6.07 Å². The van der Waals surface area contributed by atoms with Gasteiger partial charge in [0.05, 0.1) is 6.54 Å². The lowest BCUT2D eigenvalue weighted by Gasteiger charge is -2.32. The second kappa shape index (κ2) is 4.50. The zero-order valence-electron chi connectivity index (χ0n) is 9.51. The number of anilines is 1. The maximum Gasteiger partial charge on any atom is 0.249 e. The number of carbonyl (C=O) groups is 2. The lowest BCUT2D eigenvalue weighted by Crippen LogP contribution is -2.57. The van der Waals surface area contributed by atoms with Crippen molar-refractivity contribution in [3.05, 3.63) is 23.9 Å². The van der Waals surface area contributed by atoms with Crippen molar-refractivity contribution in [1.82, 2.24) is 10.3 Å². The molecule has 0 aromatic carbocycles. The third kappa shape index (κ3) is 2.26. The highest BCUT2D eigenvalue weighted by atomic mass is 16.2. The van der Waals surface area contributed by atoms with E-state index in [1.807, 2.05) is 6.07 Å².